The van der Waals surface area contributed by atoms with Crippen molar-refractivity contribution in [3.63, 3.8) is 0 Å². The number of aryl methyl sites for hydroxylation is 1. The molecule has 3 unspecified atom stereocenters. The Labute approximate surface area is 161 Å². The standard InChI is InChI=1S/C17H28N4S.HI/c1-3-16-20-15(11-22-16)10-19-17(18-2)21-14-8-7-12-5-4-6-13(12)9-14;/h11-14H,3-10H2,1-2H3,(H2,18,19,21);1H. The molecule has 2 saturated carbocycles. The predicted octanol–water partition coefficient (Wildman–Crippen LogP) is 3.96. The molecule has 0 saturated heterocycles. The highest BCUT2D eigenvalue weighted by molar-refractivity contribution is 14.0. The second kappa shape index (κ2) is 9.20. The minimum absolute atomic E-state index is 0. The van der Waals surface area contributed by atoms with Crippen molar-refractivity contribution in [2.45, 2.75) is 64.5 Å². The van der Waals surface area contributed by atoms with Crippen molar-refractivity contribution in [1.82, 2.24) is 15.6 Å². The first kappa shape index (κ1) is 19.0. The van der Waals surface area contributed by atoms with Crippen LogP contribution in [0.5, 0.6) is 0 Å². The van der Waals surface area contributed by atoms with Gasteiger partial charge < -0.3 is 10.6 Å². The molecule has 0 radical (unpaired) electrons. The molecule has 130 valence electrons. The highest BCUT2D eigenvalue weighted by Gasteiger charge is 2.33. The fourth-order valence-corrected chi connectivity index (χ4v) is 4.73. The van der Waals surface area contributed by atoms with Gasteiger partial charge >= 0.3 is 0 Å². The summed E-state index contributed by atoms with van der Waals surface area (Å²) in [6.45, 7) is 2.91. The van der Waals surface area contributed by atoms with E-state index in [1.807, 2.05) is 7.05 Å². The van der Waals surface area contributed by atoms with E-state index in [9.17, 15) is 0 Å². The maximum absolute atomic E-state index is 4.60. The molecular formula is C17H29IN4S. The molecule has 2 aliphatic rings. The van der Waals surface area contributed by atoms with Crippen molar-refractivity contribution in [1.29, 1.82) is 0 Å². The predicted molar refractivity (Wildman–Crippen MR) is 109 cm³/mol. The van der Waals surface area contributed by atoms with Crippen LogP contribution < -0.4 is 10.6 Å². The number of nitrogens with one attached hydrogen (secondary N) is 2. The van der Waals surface area contributed by atoms with Gasteiger partial charge in [0.05, 0.1) is 17.2 Å². The van der Waals surface area contributed by atoms with Gasteiger partial charge in [-0.15, -0.1) is 35.3 Å². The number of fused-ring (bicyclic) bond motifs is 1. The molecule has 0 aliphatic heterocycles. The van der Waals surface area contributed by atoms with E-state index in [1.165, 1.54) is 43.5 Å². The van der Waals surface area contributed by atoms with Gasteiger partial charge in [-0.1, -0.05) is 26.2 Å². The Balaban J connectivity index is 0.00000192. The van der Waals surface area contributed by atoms with Crippen LogP contribution in [0, 0.1) is 11.8 Å². The summed E-state index contributed by atoms with van der Waals surface area (Å²) in [4.78, 5) is 8.98. The number of nitrogens with zero attached hydrogens (tertiary/aromatic N) is 2. The molecule has 3 atom stereocenters. The molecule has 1 aromatic rings. The molecule has 2 aliphatic carbocycles. The van der Waals surface area contributed by atoms with Crippen LogP contribution >= 0.6 is 35.3 Å². The van der Waals surface area contributed by atoms with E-state index in [-0.39, 0.29) is 24.0 Å². The van der Waals surface area contributed by atoms with Crippen molar-refractivity contribution in [2.24, 2.45) is 16.8 Å². The molecule has 0 amide bonds. The summed E-state index contributed by atoms with van der Waals surface area (Å²) in [5, 5.41) is 10.4. The number of aliphatic imine (C=N–C) groups is 1. The third-order valence-corrected chi connectivity index (χ3v) is 6.23. The molecule has 1 heterocycles. The van der Waals surface area contributed by atoms with Gasteiger partial charge in [-0.2, -0.15) is 0 Å². The van der Waals surface area contributed by atoms with Gasteiger partial charge in [0.1, 0.15) is 0 Å². The summed E-state index contributed by atoms with van der Waals surface area (Å²) in [6, 6.07) is 0.590. The molecule has 3 rings (SSSR count). The number of hydrogen-bond acceptors (Lipinski definition) is 3. The van der Waals surface area contributed by atoms with Crippen molar-refractivity contribution < 1.29 is 0 Å². The second-order valence-corrected chi connectivity index (χ2v) is 7.56. The summed E-state index contributed by atoms with van der Waals surface area (Å²) < 4.78 is 0. The Kier molecular flexibility index (Phi) is 7.59. The lowest BCUT2D eigenvalue weighted by atomic mass is 9.79. The Morgan fingerprint density at radius 3 is 2.87 bits per heavy atom. The van der Waals surface area contributed by atoms with Gasteiger partial charge in [0.25, 0.3) is 0 Å². The molecule has 23 heavy (non-hydrogen) atoms. The summed E-state index contributed by atoms with van der Waals surface area (Å²) in [5.74, 6) is 2.89. The van der Waals surface area contributed by atoms with Crippen molar-refractivity contribution in [3.8, 4) is 0 Å². The van der Waals surface area contributed by atoms with E-state index in [2.05, 4.69) is 32.9 Å². The topological polar surface area (TPSA) is 49.3 Å². The zero-order valence-corrected chi connectivity index (χ0v) is 17.3. The zero-order valence-electron chi connectivity index (χ0n) is 14.2. The van der Waals surface area contributed by atoms with Gasteiger partial charge in [-0.05, 0) is 37.5 Å². The normalized spacial score (nSPS) is 27.2. The van der Waals surface area contributed by atoms with Gasteiger partial charge in [-0.25, -0.2) is 4.98 Å². The fourth-order valence-electron chi connectivity index (χ4n) is 3.99. The second-order valence-electron chi connectivity index (χ2n) is 6.62. The van der Waals surface area contributed by atoms with Crippen LogP contribution in [0.25, 0.3) is 0 Å². The van der Waals surface area contributed by atoms with Crippen molar-refractivity contribution in [2.75, 3.05) is 7.05 Å². The number of aromatic nitrogens is 1. The minimum Gasteiger partial charge on any atom is -0.354 e. The number of hydrogen-bond donors (Lipinski definition) is 2. The summed E-state index contributed by atoms with van der Waals surface area (Å²) >= 11 is 1.74. The van der Waals surface area contributed by atoms with E-state index in [0.29, 0.717) is 6.04 Å². The number of thiazole rings is 1. The monoisotopic (exact) mass is 448 g/mol. The van der Waals surface area contributed by atoms with E-state index in [4.69, 9.17) is 0 Å². The largest absolute Gasteiger partial charge is 0.354 e. The molecule has 2 N–H and O–H groups in total. The molecule has 0 aromatic carbocycles. The van der Waals surface area contributed by atoms with Gasteiger partial charge in [0, 0.05) is 18.5 Å². The van der Waals surface area contributed by atoms with Gasteiger partial charge in [0.2, 0.25) is 0 Å². The van der Waals surface area contributed by atoms with Crippen LogP contribution in [0.2, 0.25) is 0 Å². The smallest absolute Gasteiger partial charge is 0.191 e. The molecule has 6 heteroatoms. The average molecular weight is 448 g/mol. The lowest BCUT2D eigenvalue weighted by Crippen LogP contribution is -2.45. The molecule has 0 bridgehead atoms. The zero-order chi connectivity index (χ0) is 15.4. The number of guanidine groups is 1. The Morgan fingerprint density at radius 1 is 1.30 bits per heavy atom. The Hall–Kier alpha value is -0.370. The summed E-state index contributed by atoms with van der Waals surface area (Å²) in [6.07, 6.45) is 9.37. The molecule has 0 spiro atoms. The van der Waals surface area contributed by atoms with Gasteiger partial charge in [0.15, 0.2) is 5.96 Å². The average Bonchev–Trinajstić information content (AvgIpc) is 3.19. The quantitative estimate of drug-likeness (QED) is 0.417. The SMILES string of the molecule is CCc1nc(CNC(=NC)NC2CCC3CCCC3C2)cs1.I. The maximum Gasteiger partial charge on any atom is 0.191 e. The summed E-state index contributed by atoms with van der Waals surface area (Å²) in [5.41, 5.74) is 1.12. The fraction of sp³-hybridized carbons (Fsp3) is 0.765. The van der Waals surface area contributed by atoms with Crippen LogP contribution in [0.4, 0.5) is 0 Å². The van der Waals surface area contributed by atoms with Crippen LogP contribution in [0.15, 0.2) is 10.4 Å². The molecular weight excluding hydrogens is 419 g/mol. The van der Waals surface area contributed by atoms with Gasteiger partial charge in [-0.3, -0.25) is 4.99 Å². The molecule has 1 aromatic heterocycles. The minimum atomic E-state index is 0. The lowest BCUT2D eigenvalue weighted by molar-refractivity contribution is 0.239. The Morgan fingerprint density at radius 2 is 2.13 bits per heavy atom. The third-order valence-electron chi connectivity index (χ3n) is 5.19. The first-order chi connectivity index (χ1) is 10.8. The Bertz CT molecular complexity index is 516. The van der Waals surface area contributed by atoms with Crippen LogP contribution in [0.1, 0.15) is 56.2 Å². The first-order valence-electron chi connectivity index (χ1n) is 8.69. The first-order valence-corrected chi connectivity index (χ1v) is 9.57. The van der Waals surface area contributed by atoms with Crippen molar-refractivity contribution in [3.05, 3.63) is 16.1 Å². The van der Waals surface area contributed by atoms with Crippen LogP contribution in [0.3, 0.4) is 0 Å². The maximum atomic E-state index is 4.60. The van der Waals surface area contributed by atoms with Crippen LogP contribution in [-0.4, -0.2) is 24.0 Å². The van der Waals surface area contributed by atoms with E-state index >= 15 is 0 Å². The van der Waals surface area contributed by atoms with E-state index < -0.39 is 0 Å². The number of halogens is 1. The van der Waals surface area contributed by atoms with E-state index in [0.717, 1.165) is 36.5 Å². The molecule has 4 nitrogen and oxygen atoms in total. The van der Waals surface area contributed by atoms with E-state index in [1.54, 1.807) is 11.3 Å². The van der Waals surface area contributed by atoms with Crippen LogP contribution in [-0.2, 0) is 13.0 Å². The number of rotatable bonds is 4. The van der Waals surface area contributed by atoms with Crippen molar-refractivity contribution >= 4 is 41.3 Å². The summed E-state index contributed by atoms with van der Waals surface area (Å²) in [7, 11) is 1.86. The third kappa shape index (κ3) is 5.05. The highest BCUT2D eigenvalue weighted by atomic mass is 127. The lowest BCUT2D eigenvalue weighted by Gasteiger charge is -2.33. The highest BCUT2D eigenvalue weighted by Crippen LogP contribution is 2.41. The molecule has 2 fully saturated rings.